The summed E-state index contributed by atoms with van der Waals surface area (Å²) in [6.07, 6.45) is -8.60. The standard InChI is InChI=1S/C60H56Cl2F8N6O8S2/c1-34(56-47(61)9-5-11-49(56)63)19-37-13-15-51-53(21-37)76(29-42-27-71(17-18-73(42)51)36(3)58(79)80)86(83,84)46-24-39(23-41(26-46)60(68,69)70)55-32-74-43(28-72(55)31-44(78)33-77)30-75(85(81,82)45-8-4-7-40(25-45)59(65,66)67)54-22-38(14-16-52(54)74)20-35(2)57-48(62)10-6-12-50(57)64/h4-16,19-26,36,42-44,55,77-78H,17-18,27-33H2,1-3H3,(H,79,80)/b34-19+,35-20+/t36-,42-,43-,44-,55?/m0/s1. The molecule has 0 amide bonds. The highest BCUT2D eigenvalue weighted by molar-refractivity contribution is 7.93. The van der Waals surface area contributed by atoms with E-state index in [9.17, 15) is 41.7 Å². The van der Waals surface area contributed by atoms with Gasteiger partial charge in [0.2, 0.25) is 0 Å². The molecular weight excluding hydrogens is 1220 g/mol. The fraction of sp³-hybridized carbons (Fsp3) is 0.317. The number of β-amino-alcohol motifs (C(OH)–C–C–N with tert-alkyl or cyclic N) is 1. The lowest BCUT2D eigenvalue weighted by Crippen LogP contribution is -2.62. The van der Waals surface area contributed by atoms with Crippen LogP contribution >= 0.6 is 23.2 Å². The Kier molecular flexibility index (Phi) is 17.2. The van der Waals surface area contributed by atoms with Crippen molar-refractivity contribution in [2.75, 3.05) is 77.4 Å². The van der Waals surface area contributed by atoms with Crippen LogP contribution in [0.3, 0.4) is 0 Å². The van der Waals surface area contributed by atoms with E-state index in [1.54, 1.807) is 47.9 Å². The Morgan fingerprint density at radius 1 is 0.628 bits per heavy atom. The first kappa shape index (κ1) is 62.3. The molecule has 6 aromatic carbocycles. The zero-order valence-corrected chi connectivity index (χ0v) is 49.2. The van der Waals surface area contributed by atoms with Crippen LogP contribution in [0.15, 0.2) is 125 Å². The van der Waals surface area contributed by atoms with Gasteiger partial charge in [0.15, 0.2) is 0 Å². The molecule has 0 radical (unpaired) electrons. The van der Waals surface area contributed by atoms with Crippen molar-refractivity contribution in [1.82, 2.24) is 9.80 Å². The fourth-order valence-corrected chi connectivity index (χ4v) is 15.7. The van der Waals surface area contributed by atoms with Gasteiger partial charge in [0.05, 0.1) is 97.6 Å². The van der Waals surface area contributed by atoms with Gasteiger partial charge in [-0.1, -0.05) is 65.7 Å². The van der Waals surface area contributed by atoms with Gasteiger partial charge >= 0.3 is 18.3 Å². The number of alkyl halides is 6. The normalized spacial score (nSPS) is 19.8. The second-order valence-electron chi connectivity index (χ2n) is 21.7. The maximum Gasteiger partial charge on any atom is 0.416 e. The minimum atomic E-state index is -5.19. The second-order valence-corrected chi connectivity index (χ2v) is 26.2. The predicted molar refractivity (Wildman–Crippen MR) is 313 cm³/mol. The predicted octanol–water partition coefficient (Wildman–Crippen LogP) is 11.4. The number of halogens is 10. The van der Waals surface area contributed by atoms with Crippen LogP contribution in [0.2, 0.25) is 10.0 Å². The van der Waals surface area contributed by atoms with E-state index in [1.165, 1.54) is 72.5 Å². The van der Waals surface area contributed by atoms with E-state index in [0.717, 1.165) is 32.9 Å². The zero-order chi connectivity index (χ0) is 62.1. The monoisotopic (exact) mass is 1270 g/mol. The first-order valence-electron chi connectivity index (χ1n) is 27.0. The number of anilines is 4. The van der Waals surface area contributed by atoms with Crippen molar-refractivity contribution in [1.29, 1.82) is 0 Å². The average Bonchev–Trinajstić information content (AvgIpc) is 0.769. The van der Waals surface area contributed by atoms with Gasteiger partial charge in [0, 0.05) is 50.4 Å². The summed E-state index contributed by atoms with van der Waals surface area (Å²) in [6, 6.07) is 18.9. The van der Waals surface area contributed by atoms with Crippen LogP contribution in [0.5, 0.6) is 0 Å². The summed E-state index contributed by atoms with van der Waals surface area (Å²) in [5.41, 5.74) is -0.995. The van der Waals surface area contributed by atoms with Crippen molar-refractivity contribution in [2.45, 2.75) is 73.2 Å². The molecule has 3 N–H and O–H groups in total. The molecule has 1 unspecified atom stereocenters. The van der Waals surface area contributed by atoms with Crippen LogP contribution < -0.4 is 18.4 Å². The number of carboxylic acid groups (broad SMARTS) is 1. The lowest BCUT2D eigenvalue weighted by atomic mass is 9.94. The van der Waals surface area contributed by atoms with Gasteiger partial charge in [-0.15, -0.1) is 0 Å². The van der Waals surface area contributed by atoms with E-state index in [4.69, 9.17) is 23.2 Å². The molecule has 10 rings (SSSR count). The molecule has 5 atom stereocenters. The van der Waals surface area contributed by atoms with Gasteiger partial charge in [0.1, 0.15) is 17.7 Å². The number of allylic oxidation sites excluding steroid dienone is 2. The van der Waals surface area contributed by atoms with Crippen LogP contribution in [0, 0.1) is 11.6 Å². The number of aliphatic hydroxyl groups excluding tert-OH is 2. The number of aliphatic carboxylic acids is 1. The molecule has 2 saturated heterocycles. The van der Waals surface area contributed by atoms with Gasteiger partial charge in [-0.3, -0.25) is 23.2 Å². The third-order valence-electron chi connectivity index (χ3n) is 16.1. The van der Waals surface area contributed by atoms with Gasteiger partial charge in [-0.2, -0.15) is 26.3 Å². The highest BCUT2D eigenvalue weighted by atomic mass is 35.5. The van der Waals surface area contributed by atoms with Crippen LogP contribution in [0.1, 0.15) is 65.8 Å². The average molecular weight is 1280 g/mol. The van der Waals surface area contributed by atoms with E-state index in [1.807, 2.05) is 4.90 Å². The number of carbonyl (C=O) groups is 1. The number of piperazine rings is 2. The van der Waals surface area contributed by atoms with Crippen molar-refractivity contribution in [3.05, 3.63) is 176 Å². The van der Waals surface area contributed by atoms with E-state index in [-0.39, 0.29) is 88.6 Å². The van der Waals surface area contributed by atoms with E-state index < -0.39 is 121 Å². The summed E-state index contributed by atoms with van der Waals surface area (Å²) >= 11 is 12.8. The molecule has 4 aliphatic heterocycles. The first-order chi connectivity index (χ1) is 40.5. The second kappa shape index (κ2) is 23.7. The Labute approximate surface area is 501 Å². The number of benzene rings is 6. The van der Waals surface area contributed by atoms with Gasteiger partial charge in [0.25, 0.3) is 20.0 Å². The van der Waals surface area contributed by atoms with Crippen molar-refractivity contribution < 1.29 is 72.1 Å². The lowest BCUT2D eigenvalue weighted by Gasteiger charge is -2.52. The minimum Gasteiger partial charge on any atom is -0.480 e. The SMILES string of the molecule is C/C(=C\c1ccc2c(c1)N(S(=O)(=O)c1cc(C3CN4c5ccc(/C=C(\C)c6c(F)cccc6Cl)cc5N(S(=O)(=O)c5cccc(C(F)(F)F)c5)C[C@@H]4CN3C[C@H](O)CO)cc(C(F)(F)F)c1)C[C@@H]1CN([C@@H](C)C(=O)O)CCN21)c1c(F)cccc1Cl. The largest absolute Gasteiger partial charge is 0.480 e. The van der Waals surface area contributed by atoms with Gasteiger partial charge in [-0.05, 0) is 134 Å². The molecule has 0 saturated carbocycles. The third-order valence-corrected chi connectivity index (χ3v) is 20.3. The summed E-state index contributed by atoms with van der Waals surface area (Å²) in [7, 11) is -9.99. The topological polar surface area (TPSA) is 165 Å². The van der Waals surface area contributed by atoms with E-state index >= 15 is 30.4 Å². The van der Waals surface area contributed by atoms with E-state index in [2.05, 4.69) is 0 Å². The third kappa shape index (κ3) is 12.1. The lowest BCUT2D eigenvalue weighted by molar-refractivity contribution is -0.143. The van der Waals surface area contributed by atoms with E-state index in [0.29, 0.717) is 40.6 Å². The highest BCUT2D eigenvalue weighted by Gasteiger charge is 2.47. The fourth-order valence-electron chi connectivity index (χ4n) is 11.9. The maximum atomic E-state index is 15.7. The van der Waals surface area contributed by atoms with Gasteiger partial charge < -0.3 is 25.1 Å². The summed E-state index contributed by atoms with van der Waals surface area (Å²) in [6.45, 7) is 2.42. The smallest absolute Gasteiger partial charge is 0.416 e. The van der Waals surface area contributed by atoms with Crippen LogP contribution in [-0.2, 0) is 37.2 Å². The molecular formula is C60H56Cl2F8N6O8S2. The zero-order valence-electron chi connectivity index (χ0n) is 46.0. The number of rotatable bonds is 14. The molecule has 2 fully saturated rings. The van der Waals surface area contributed by atoms with Gasteiger partial charge in [-0.25, -0.2) is 25.6 Å². The van der Waals surface area contributed by atoms with Crippen molar-refractivity contribution in [3.8, 4) is 0 Å². The molecule has 456 valence electrons. The Morgan fingerprint density at radius 2 is 1.14 bits per heavy atom. The number of hydrogen-bond acceptors (Lipinski definition) is 11. The molecule has 4 aliphatic rings. The Balaban J connectivity index is 1.10. The van der Waals surface area contributed by atoms with Crippen LogP contribution in [0.4, 0.5) is 57.9 Å². The Bertz CT molecular complexity index is 3910. The number of carboxylic acids is 1. The molecule has 0 aliphatic carbocycles. The molecule has 14 nitrogen and oxygen atoms in total. The Hall–Kier alpha value is -6.77. The van der Waals surface area contributed by atoms with Crippen LogP contribution in [0.25, 0.3) is 23.3 Å². The van der Waals surface area contributed by atoms with Crippen molar-refractivity contribution in [2.24, 2.45) is 0 Å². The number of nitrogens with zero attached hydrogens (tertiary/aromatic N) is 6. The summed E-state index contributed by atoms with van der Waals surface area (Å²) in [5, 5.41) is 31.4. The minimum absolute atomic E-state index is 0.0313. The summed E-state index contributed by atoms with van der Waals surface area (Å²) in [5.74, 6) is -2.42. The number of aliphatic hydroxyl groups is 2. The maximum absolute atomic E-state index is 15.7. The molecule has 0 spiro atoms. The molecule has 6 aromatic rings. The van der Waals surface area contributed by atoms with Crippen molar-refractivity contribution in [3.63, 3.8) is 0 Å². The quantitative estimate of drug-likeness (QED) is 0.0699. The molecule has 86 heavy (non-hydrogen) atoms. The molecule has 4 heterocycles. The van der Waals surface area contributed by atoms with Crippen LogP contribution in [-0.4, -0.2) is 131 Å². The molecule has 0 aromatic heterocycles. The summed E-state index contributed by atoms with van der Waals surface area (Å²) < 4.78 is 182. The number of fused-ring (bicyclic) bond motifs is 6. The highest BCUT2D eigenvalue weighted by Crippen LogP contribution is 2.47. The Morgan fingerprint density at radius 3 is 1.66 bits per heavy atom. The number of sulfonamides is 2. The molecule has 0 bridgehead atoms. The first-order valence-corrected chi connectivity index (χ1v) is 30.6. The van der Waals surface area contributed by atoms with Crippen molar-refractivity contribution >= 4 is 95.3 Å². The molecule has 26 heteroatoms. The summed E-state index contributed by atoms with van der Waals surface area (Å²) in [4.78, 5) is 17.4. The number of hydrogen-bond donors (Lipinski definition) is 3.